The van der Waals surface area contributed by atoms with Gasteiger partial charge in [0.25, 0.3) is 10.0 Å². The Hall–Kier alpha value is -2.36. The standard InChI is InChI=1S/C15H13FN2O2S/c16-14-5-1-2-6-15(14)18-21(19,20)13-9-7-12(8-10-13)4-3-11-17/h1-2,5-10,18H,11,17H2. The van der Waals surface area contributed by atoms with Crippen molar-refractivity contribution in [1.29, 1.82) is 0 Å². The Morgan fingerprint density at radius 1 is 1.10 bits per heavy atom. The van der Waals surface area contributed by atoms with Gasteiger partial charge in [-0.05, 0) is 36.4 Å². The molecule has 2 aromatic carbocycles. The molecule has 0 fully saturated rings. The van der Waals surface area contributed by atoms with Crippen molar-refractivity contribution in [3.63, 3.8) is 0 Å². The van der Waals surface area contributed by atoms with Crippen LogP contribution >= 0.6 is 0 Å². The van der Waals surface area contributed by atoms with E-state index in [1.807, 2.05) is 0 Å². The third kappa shape index (κ3) is 3.81. The number of halogens is 1. The number of benzene rings is 2. The monoisotopic (exact) mass is 304 g/mol. The maximum atomic E-state index is 13.5. The number of hydrogen-bond acceptors (Lipinski definition) is 3. The minimum absolute atomic E-state index is 0.0315. The topological polar surface area (TPSA) is 72.2 Å². The van der Waals surface area contributed by atoms with E-state index in [-0.39, 0.29) is 17.1 Å². The van der Waals surface area contributed by atoms with Gasteiger partial charge in [-0.15, -0.1) is 0 Å². The zero-order valence-corrected chi connectivity index (χ0v) is 11.8. The van der Waals surface area contributed by atoms with Crippen molar-refractivity contribution >= 4 is 15.7 Å². The SMILES string of the molecule is NCC#Cc1ccc(S(=O)(=O)Nc2ccccc2F)cc1. The van der Waals surface area contributed by atoms with E-state index < -0.39 is 15.8 Å². The van der Waals surface area contributed by atoms with E-state index in [9.17, 15) is 12.8 Å². The molecule has 3 N–H and O–H groups in total. The summed E-state index contributed by atoms with van der Waals surface area (Å²) in [7, 11) is -3.84. The normalized spacial score (nSPS) is 10.6. The number of para-hydroxylation sites is 1. The predicted molar refractivity (Wildman–Crippen MR) is 79.6 cm³/mol. The summed E-state index contributed by atoms with van der Waals surface area (Å²) in [6.45, 7) is 0.231. The van der Waals surface area contributed by atoms with Crippen LogP contribution in [0.15, 0.2) is 53.4 Å². The molecule has 4 nitrogen and oxygen atoms in total. The molecular formula is C15H13FN2O2S. The van der Waals surface area contributed by atoms with Gasteiger partial charge in [-0.2, -0.15) is 0 Å². The van der Waals surface area contributed by atoms with Gasteiger partial charge in [-0.1, -0.05) is 24.0 Å². The van der Waals surface area contributed by atoms with Gasteiger partial charge in [0, 0.05) is 5.56 Å². The summed E-state index contributed by atoms with van der Waals surface area (Å²) in [5.41, 5.74) is 5.83. The smallest absolute Gasteiger partial charge is 0.261 e. The van der Waals surface area contributed by atoms with Gasteiger partial charge in [0.05, 0.1) is 17.1 Å². The predicted octanol–water partition coefficient (Wildman–Crippen LogP) is 1.94. The fourth-order valence-corrected chi connectivity index (χ4v) is 2.69. The quantitative estimate of drug-likeness (QED) is 0.851. The first-order valence-corrected chi connectivity index (χ1v) is 7.57. The Bertz CT molecular complexity index is 790. The lowest BCUT2D eigenvalue weighted by atomic mass is 10.2. The van der Waals surface area contributed by atoms with Crippen molar-refractivity contribution < 1.29 is 12.8 Å². The van der Waals surface area contributed by atoms with Crippen molar-refractivity contribution in [3.05, 3.63) is 59.9 Å². The van der Waals surface area contributed by atoms with Crippen LogP contribution in [-0.4, -0.2) is 15.0 Å². The highest BCUT2D eigenvalue weighted by molar-refractivity contribution is 7.92. The van der Waals surface area contributed by atoms with Crippen LogP contribution in [0, 0.1) is 17.7 Å². The summed E-state index contributed by atoms with van der Waals surface area (Å²) in [6, 6.07) is 11.5. The van der Waals surface area contributed by atoms with Crippen molar-refractivity contribution in [2.45, 2.75) is 4.90 Å². The summed E-state index contributed by atoms with van der Waals surface area (Å²) < 4.78 is 40.0. The molecule has 0 bridgehead atoms. The Morgan fingerprint density at radius 2 is 1.76 bits per heavy atom. The van der Waals surface area contributed by atoms with E-state index in [0.29, 0.717) is 5.56 Å². The molecule has 6 heteroatoms. The van der Waals surface area contributed by atoms with E-state index >= 15 is 0 Å². The van der Waals surface area contributed by atoms with Crippen molar-refractivity contribution in [2.75, 3.05) is 11.3 Å². The van der Waals surface area contributed by atoms with E-state index in [2.05, 4.69) is 16.6 Å². The fourth-order valence-electron chi connectivity index (χ4n) is 1.62. The fraction of sp³-hybridized carbons (Fsp3) is 0.0667. The molecule has 0 unspecified atom stereocenters. The van der Waals surface area contributed by atoms with Crippen LogP contribution in [-0.2, 0) is 10.0 Å². The number of rotatable bonds is 3. The maximum Gasteiger partial charge on any atom is 0.261 e. The highest BCUT2D eigenvalue weighted by atomic mass is 32.2. The molecule has 0 aliphatic rings. The van der Waals surface area contributed by atoms with E-state index in [1.54, 1.807) is 18.2 Å². The molecule has 0 aliphatic heterocycles. The highest BCUT2D eigenvalue weighted by Crippen LogP contribution is 2.18. The van der Waals surface area contributed by atoms with E-state index in [0.717, 1.165) is 0 Å². The third-order valence-corrected chi connectivity index (χ3v) is 4.00. The molecule has 0 saturated heterocycles. The van der Waals surface area contributed by atoms with Gasteiger partial charge < -0.3 is 5.73 Å². The van der Waals surface area contributed by atoms with Gasteiger partial charge in [0.1, 0.15) is 5.82 Å². The summed E-state index contributed by atoms with van der Waals surface area (Å²) in [5.74, 6) is 4.83. The molecule has 2 aromatic rings. The molecule has 0 aromatic heterocycles. The number of anilines is 1. The minimum Gasteiger partial charge on any atom is -0.320 e. The van der Waals surface area contributed by atoms with Crippen molar-refractivity contribution in [2.24, 2.45) is 5.73 Å². The minimum atomic E-state index is -3.84. The summed E-state index contributed by atoms with van der Waals surface area (Å²) in [4.78, 5) is 0.0315. The Labute approximate surface area is 122 Å². The van der Waals surface area contributed by atoms with Crippen LogP contribution in [0.2, 0.25) is 0 Å². The van der Waals surface area contributed by atoms with E-state index in [1.165, 1.54) is 30.3 Å². The molecule has 0 aliphatic carbocycles. The van der Waals surface area contributed by atoms with Crippen LogP contribution in [0.4, 0.5) is 10.1 Å². The summed E-state index contributed by atoms with van der Waals surface area (Å²) in [5, 5.41) is 0. The molecular weight excluding hydrogens is 291 g/mol. The largest absolute Gasteiger partial charge is 0.320 e. The molecule has 0 radical (unpaired) electrons. The first kappa shape index (κ1) is 15.0. The van der Waals surface area contributed by atoms with Crippen LogP contribution in [0.1, 0.15) is 5.56 Å². The van der Waals surface area contributed by atoms with Crippen LogP contribution in [0.25, 0.3) is 0 Å². The van der Waals surface area contributed by atoms with Crippen molar-refractivity contribution in [3.8, 4) is 11.8 Å². The second-order valence-electron chi connectivity index (χ2n) is 4.12. The number of hydrogen-bond donors (Lipinski definition) is 2. The van der Waals surface area contributed by atoms with Gasteiger partial charge in [0.2, 0.25) is 0 Å². The molecule has 108 valence electrons. The van der Waals surface area contributed by atoms with Crippen LogP contribution < -0.4 is 10.5 Å². The van der Waals surface area contributed by atoms with Crippen molar-refractivity contribution in [1.82, 2.24) is 0 Å². The first-order chi connectivity index (χ1) is 10.0. The number of nitrogens with two attached hydrogens (primary N) is 1. The lowest BCUT2D eigenvalue weighted by molar-refractivity contribution is 0.598. The molecule has 0 atom stereocenters. The van der Waals surface area contributed by atoms with Crippen LogP contribution in [0.5, 0.6) is 0 Å². The third-order valence-electron chi connectivity index (χ3n) is 2.62. The molecule has 0 heterocycles. The lowest BCUT2D eigenvalue weighted by Crippen LogP contribution is -2.13. The van der Waals surface area contributed by atoms with Gasteiger partial charge >= 0.3 is 0 Å². The second kappa shape index (κ2) is 6.39. The molecule has 0 spiro atoms. The number of sulfonamides is 1. The molecule has 0 saturated carbocycles. The zero-order chi connectivity index (χ0) is 15.3. The average molecular weight is 304 g/mol. The highest BCUT2D eigenvalue weighted by Gasteiger charge is 2.15. The maximum absolute atomic E-state index is 13.5. The van der Waals surface area contributed by atoms with Gasteiger partial charge in [-0.25, -0.2) is 12.8 Å². The summed E-state index contributed by atoms with van der Waals surface area (Å²) in [6.07, 6.45) is 0. The average Bonchev–Trinajstić information content (AvgIpc) is 2.48. The summed E-state index contributed by atoms with van der Waals surface area (Å²) >= 11 is 0. The molecule has 0 amide bonds. The Balaban J connectivity index is 2.26. The molecule has 21 heavy (non-hydrogen) atoms. The second-order valence-corrected chi connectivity index (χ2v) is 5.80. The zero-order valence-electron chi connectivity index (χ0n) is 11.0. The number of nitrogens with one attached hydrogen (secondary N) is 1. The molecule has 2 rings (SSSR count). The van der Waals surface area contributed by atoms with Gasteiger partial charge in [0.15, 0.2) is 0 Å². The van der Waals surface area contributed by atoms with Crippen LogP contribution in [0.3, 0.4) is 0 Å². The Kier molecular flexibility index (Phi) is 4.58. The lowest BCUT2D eigenvalue weighted by Gasteiger charge is -2.08. The van der Waals surface area contributed by atoms with Gasteiger partial charge in [-0.3, -0.25) is 4.72 Å². The van der Waals surface area contributed by atoms with E-state index in [4.69, 9.17) is 5.73 Å². The Morgan fingerprint density at radius 3 is 2.38 bits per heavy atom. The first-order valence-electron chi connectivity index (χ1n) is 6.09.